The molecule has 1 aromatic rings. The quantitative estimate of drug-likeness (QED) is 0.474. The maximum absolute atomic E-state index is 5.90. The van der Waals surface area contributed by atoms with Gasteiger partial charge in [-0.25, -0.2) is 0 Å². The van der Waals surface area contributed by atoms with Gasteiger partial charge in [-0.1, -0.05) is 25.1 Å². The minimum absolute atomic E-state index is 0.0267. The molecule has 0 aliphatic heterocycles. The minimum Gasteiger partial charge on any atom is -0.480 e. The number of hydrogen-bond acceptors (Lipinski definition) is 5. The second-order valence-electron chi connectivity index (χ2n) is 5.38. The van der Waals surface area contributed by atoms with Gasteiger partial charge in [0.2, 0.25) is 0 Å². The number of anilines is 1. The maximum atomic E-state index is 5.90. The second kappa shape index (κ2) is 10.8. The van der Waals surface area contributed by atoms with Crippen molar-refractivity contribution in [2.45, 2.75) is 57.5 Å². The molecule has 3 unspecified atom stereocenters. The average molecular weight is 327 g/mol. The predicted octanol–water partition coefficient (Wildman–Crippen LogP) is 4.07. The molecule has 3 atom stereocenters. The van der Waals surface area contributed by atoms with Crippen molar-refractivity contribution < 1.29 is 9.47 Å². The Labute approximate surface area is 139 Å². The molecule has 0 saturated carbocycles. The zero-order valence-corrected chi connectivity index (χ0v) is 15.0. The highest BCUT2D eigenvalue weighted by atomic mass is 32.2. The normalized spacial score (nSPS) is 15.1. The van der Waals surface area contributed by atoms with Gasteiger partial charge in [-0.2, -0.15) is 0 Å². The molecule has 4 nitrogen and oxygen atoms in total. The van der Waals surface area contributed by atoms with E-state index in [0.717, 1.165) is 18.0 Å². The van der Waals surface area contributed by atoms with Crippen LogP contribution in [0.1, 0.15) is 40.5 Å². The van der Waals surface area contributed by atoms with Crippen molar-refractivity contribution in [2.24, 2.45) is 5.73 Å². The summed E-state index contributed by atoms with van der Waals surface area (Å²) in [6, 6.07) is 8.11. The summed E-state index contributed by atoms with van der Waals surface area (Å²) in [6.07, 6.45) is 2.46. The lowest BCUT2D eigenvalue weighted by molar-refractivity contribution is 0.0609. The van der Waals surface area contributed by atoms with Gasteiger partial charge < -0.3 is 20.5 Å². The Morgan fingerprint density at radius 1 is 1.14 bits per heavy atom. The van der Waals surface area contributed by atoms with Gasteiger partial charge in [-0.05, 0) is 51.5 Å². The summed E-state index contributed by atoms with van der Waals surface area (Å²) in [5, 5.41) is 3.39. The highest BCUT2D eigenvalue weighted by molar-refractivity contribution is 8.00. The maximum Gasteiger partial charge on any atom is 0.144 e. The Bertz CT molecular complexity index is 400. The van der Waals surface area contributed by atoms with Gasteiger partial charge >= 0.3 is 0 Å². The van der Waals surface area contributed by atoms with E-state index >= 15 is 0 Å². The Hall–Kier alpha value is -0.910. The third kappa shape index (κ3) is 7.92. The topological polar surface area (TPSA) is 56.5 Å². The first-order valence-electron chi connectivity index (χ1n) is 8.06. The Kier molecular flexibility index (Phi) is 9.36. The molecule has 0 aliphatic rings. The van der Waals surface area contributed by atoms with Crippen LogP contribution in [0.5, 0.6) is 5.75 Å². The first-order valence-corrected chi connectivity index (χ1v) is 9.01. The fourth-order valence-corrected chi connectivity index (χ4v) is 2.93. The SMILES string of the molecule is CCCCNc1ccc(OC(C)SC(C)OC(C)CN)cc1. The van der Waals surface area contributed by atoms with E-state index in [4.69, 9.17) is 15.2 Å². The van der Waals surface area contributed by atoms with E-state index in [1.807, 2.05) is 32.9 Å². The molecule has 1 aromatic carbocycles. The first-order chi connectivity index (χ1) is 10.5. The molecule has 0 heterocycles. The summed E-state index contributed by atoms with van der Waals surface area (Å²) in [4.78, 5) is 0. The first kappa shape index (κ1) is 19.1. The van der Waals surface area contributed by atoms with Crippen molar-refractivity contribution >= 4 is 17.4 Å². The average Bonchev–Trinajstić information content (AvgIpc) is 2.48. The van der Waals surface area contributed by atoms with Gasteiger partial charge in [0.1, 0.15) is 16.6 Å². The van der Waals surface area contributed by atoms with Gasteiger partial charge in [-0.15, -0.1) is 0 Å². The van der Waals surface area contributed by atoms with Crippen molar-refractivity contribution in [1.82, 2.24) is 0 Å². The van der Waals surface area contributed by atoms with Crippen molar-refractivity contribution in [2.75, 3.05) is 18.4 Å². The van der Waals surface area contributed by atoms with Crippen molar-refractivity contribution in [1.29, 1.82) is 0 Å². The van der Waals surface area contributed by atoms with Crippen LogP contribution < -0.4 is 15.8 Å². The molecule has 0 amide bonds. The number of hydrogen-bond donors (Lipinski definition) is 2. The zero-order valence-electron chi connectivity index (χ0n) is 14.2. The molecule has 0 saturated heterocycles. The van der Waals surface area contributed by atoms with Gasteiger partial charge in [0.25, 0.3) is 0 Å². The third-order valence-electron chi connectivity index (χ3n) is 3.15. The Morgan fingerprint density at radius 2 is 1.82 bits per heavy atom. The van der Waals surface area contributed by atoms with E-state index in [1.54, 1.807) is 11.8 Å². The smallest absolute Gasteiger partial charge is 0.144 e. The molecule has 0 bridgehead atoms. The summed E-state index contributed by atoms with van der Waals surface area (Å²) >= 11 is 1.64. The minimum atomic E-state index is 0.0267. The number of benzene rings is 1. The van der Waals surface area contributed by atoms with Crippen LogP contribution >= 0.6 is 11.8 Å². The lowest BCUT2D eigenvalue weighted by Gasteiger charge is -2.21. The zero-order chi connectivity index (χ0) is 16.4. The highest BCUT2D eigenvalue weighted by Gasteiger charge is 2.13. The highest BCUT2D eigenvalue weighted by Crippen LogP contribution is 2.24. The van der Waals surface area contributed by atoms with Crippen LogP contribution in [-0.4, -0.2) is 30.1 Å². The summed E-state index contributed by atoms with van der Waals surface area (Å²) in [5.74, 6) is 0.875. The molecule has 0 aromatic heterocycles. The van der Waals surface area contributed by atoms with Crippen LogP contribution in [0.15, 0.2) is 24.3 Å². The van der Waals surface area contributed by atoms with Gasteiger partial charge in [0, 0.05) is 18.8 Å². The van der Waals surface area contributed by atoms with Crippen LogP contribution in [0, 0.1) is 0 Å². The van der Waals surface area contributed by atoms with E-state index < -0.39 is 0 Å². The molecule has 0 radical (unpaired) electrons. The predicted molar refractivity (Wildman–Crippen MR) is 96.6 cm³/mol. The van der Waals surface area contributed by atoms with Gasteiger partial charge in [-0.3, -0.25) is 0 Å². The van der Waals surface area contributed by atoms with Crippen LogP contribution in [0.3, 0.4) is 0 Å². The molecule has 1 rings (SSSR count). The molecule has 5 heteroatoms. The summed E-state index contributed by atoms with van der Waals surface area (Å²) < 4.78 is 11.6. The molecule has 3 N–H and O–H groups in total. The van der Waals surface area contributed by atoms with E-state index in [2.05, 4.69) is 24.4 Å². The van der Waals surface area contributed by atoms with Crippen LogP contribution in [0.25, 0.3) is 0 Å². The Morgan fingerprint density at radius 3 is 2.41 bits per heavy atom. The summed E-state index contributed by atoms with van der Waals surface area (Å²) in [6.45, 7) is 9.77. The standard InChI is InChI=1S/C17H30N2O2S/c1-5-6-11-19-16-7-9-17(10-8-16)21-15(4)22-14(3)20-13(2)12-18/h7-10,13-15,19H,5-6,11-12,18H2,1-4H3. The molecular formula is C17H30N2O2S. The van der Waals surface area contributed by atoms with E-state index in [0.29, 0.717) is 6.54 Å². The van der Waals surface area contributed by atoms with Crippen LogP contribution in [0.2, 0.25) is 0 Å². The van der Waals surface area contributed by atoms with Gasteiger partial charge in [0.05, 0.1) is 6.10 Å². The van der Waals surface area contributed by atoms with E-state index in [1.165, 1.54) is 12.8 Å². The molecule has 22 heavy (non-hydrogen) atoms. The number of ether oxygens (including phenoxy) is 2. The van der Waals surface area contributed by atoms with Crippen molar-refractivity contribution in [3.8, 4) is 5.75 Å². The molecule has 0 aliphatic carbocycles. The second-order valence-corrected chi connectivity index (χ2v) is 6.98. The molecule has 0 fully saturated rings. The van der Waals surface area contributed by atoms with Gasteiger partial charge in [0.15, 0.2) is 0 Å². The summed E-state index contributed by atoms with van der Waals surface area (Å²) in [5.41, 5.74) is 6.78. The number of thioether (sulfide) groups is 1. The fourth-order valence-electron chi connectivity index (χ4n) is 1.96. The van der Waals surface area contributed by atoms with Crippen molar-refractivity contribution in [3.05, 3.63) is 24.3 Å². The monoisotopic (exact) mass is 326 g/mol. The molecular weight excluding hydrogens is 296 g/mol. The van der Waals surface area contributed by atoms with E-state index in [9.17, 15) is 0 Å². The van der Waals surface area contributed by atoms with Crippen LogP contribution in [0.4, 0.5) is 5.69 Å². The number of nitrogens with two attached hydrogens (primary N) is 1. The number of nitrogens with one attached hydrogen (secondary N) is 1. The lowest BCUT2D eigenvalue weighted by Crippen LogP contribution is -2.25. The fraction of sp³-hybridized carbons (Fsp3) is 0.647. The third-order valence-corrected chi connectivity index (χ3v) is 4.13. The molecule has 0 spiro atoms. The number of rotatable bonds is 11. The molecule has 126 valence electrons. The number of unbranched alkanes of at least 4 members (excludes halogenated alkanes) is 1. The van der Waals surface area contributed by atoms with E-state index in [-0.39, 0.29) is 17.0 Å². The van der Waals surface area contributed by atoms with Crippen molar-refractivity contribution in [3.63, 3.8) is 0 Å². The summed E-state index contributed by atoms with van der Waals surface area (Å²) in [7, 11) is 0. The largest absolute Gasteiger partial charge is 0.480 e. The lowest BCUT2D eigenvalue weighted by atomic mass is 10.3. The Balaban J connectivity index is 2.36. The van der Waals surface area contributed by atoms with Crippen LogP contribution in [-0.2, 0) is 4.74 Å².